The quantitative estimate of drug-likeness (QED) is 0.645. The van der Waals surface area contributed by atoms with Gasteiger partial charge in [0.25, 0.3) is 11.8 Å². The molecule has 6 nitrogen and oxygen atoms in total. The van der Waals surface area contributed by atoms with Gasteiger partial charge in [-0.05, 0) is 37.3 Å². The van der Waals surface area contributed by atoms with Gasteiger partial charge >= 0.3 is 0 Å². The summed E-state index contributed by atoms with van der Waals surface area (Å²) in [7, 11) is 0. The number of hydrazine groups is 1. The van der Waals surface area contributed by atoms with Crippen molar-refractivity contribution >= 4 is 22.7 Å². The number of nitrogens with one attached hydrogen (secondary N) is 3. The van der Waals surface area contributed by atoms with Gasteiger partial charge < -0.3 is 9.72 Å². The van der Waals surface area contributed by atoms with E-state index in [-0.39, 0.29) is 5.91 Å². The molecule has 3 rings (SSSR count). The normalized spacial score (nSPS) is 10.4. The van der Waals surface area contributed by atoms with Crippen LogP contribution in [0.1, 0.15) is 27.6 Å². The minimum absolute atomic E-state index is 0.383. The van der Waals surface area contributed by atoms with Gasteiger partial charge in [-0.3, -0.25) is 20.4 Å². The van der Waals surface area contributed by atoms with E-state index in [2.05, 4.69) is 15.8 Å². The first kappa shape index (κ1) is 15.6. The first-order valence-electron chi connectivity index (χ1n) is 7.58. The fourth-order valence-electron chi connectivity index (χ4n) is 2.38. The van der Waals surface area contributed by atoms with Gasteiger partial charge in [-0.1, -0.05) is 18.2 Å². The number of benzene rings is 2. The molecule has 0 radical (unpaired) electrons. The lowest BCUT2D eigenvalue weighted by Crippen LogP contribution is -2.41. The molecule has 0 bridgehead atoms. The van der Waals surface area contributed by atoms with E-state index in [0.717, 1.165) is 10.9 Å². The molecule has 0 aliphatic heterocycles. The third-order valence-corrected chi connectivity index (χ3v) is 3.55. The molecule has 0 spiro atoms. The highest BCUT2D eigenvalue weighted by Gasteiger charge is 2.13. The molecule has 2 amide bonds. The van der Waals surface area contributed by atoms with Crippen LogP contribution in [0.3, 0.4) is 0 Å². The minimum atomic E-state index is -0.397. The average molecular weight is 323 g/mol. The van der Waals surface area contributed by atoms with E-state index >= 15 is 0 Å². The monoisotopic (exact) mass is 323 g/mol. The first-order chi connectivity index (χ1) is 11.7. The molecule has 0 aliphatic carbocycles. The van der Waals surface area contributed by atoms with Crippen molar-refractivity contribution in [1.82, 2.24) is 15.8 Å². The van der Waals surface area contributed by atoms with Crippen molar-refractivity contribution in [1.29, 1.82) is 0 Å². The molecule has 0 fully saturated rings. The van der Waals surface area contributed by atoms with Crippen LogP contribution in [-0.4, -0.2) is 23.4 Å². The van der Waals surface area contributed by atoms with E-state index < -0.39 is 5.91 Å². The highest BCUT2D eigenvalue weighted by molar-refractivity contribution is 6.07. The van der Waals surface area contributed by atoms with Crippen molar-refractivity contribution in [2.75, 3.05) is 6.61 Å². The zero-order valence-electron chi connectivity index (χ0n) is 13.1. The molecule has 2 aromatic carbocycles. The Morgan fingerprint density at radius 2 is 1.71 bits per heavy atom. The van der Waals surface area contributed by atoms with Gasteiger partial charge in [-0.15, -0.1) is 0 Å². The third-order valence-electron chi connectivity index (χ3n) is 3.55. The van der Waals surface area contributed by atoms with Gasteiger partial charge in [0.15, 0.2) is 0 Å². The summed E-state index contributed by atoms with van der Waals surface area (Å²) < 4.78 is 5.32. The number of aromatic amines is 1. The molecular formula is C18H17N3O3. The zero-order chi connectivity index (χ0) is 16.9. The van der Waals surface area contributed by atoms with Crippen LogP contribution in [0.2, 0.25) is 0 Å². The highest BCUT2D eigenvalue weighted by Crippen LogP contribution is 2.17. The SMILES string of the molecule is CCOc1ccc(C(=O)NNC(=O)c2c[nH]c3ccccc23)cc1. The minimum Gasteiger partial charge on any atom is -0.494 e. The summed E-state index contributed by atoms with van der Waals surface area (Å²) in [6, 6.07) is 14.1. The summed E-state index contributed by atoms with van der Waals surface area (Å²) in [6.07, 6.45) is 1.61. The largest absolute Gasteiger partial charge is 0.494 e. The molecule has 122 valence electrons. The van der Waals surface area contributed by atoms with Gasteiger partial charge in [0.1, 0.15) is 5.75 Å². The standard InChI is InChI=1S/C18H17N3O3/c1-2-24-13-9-7-12(8-10-13)17(22)20-21-18(23)15-11-19-16-6-4-3-5-14(15)16/h3-11,19H,2H2,1H3,(H,20,22)(H,21,23). The van der Waals surface area contributed by atoms with Crippen LogP contribution in [0.5, 0.6) is 5.75 Å². The number of ether oxygens (including phenoxy) is 1. The average Bonchev–Trinajstić information content (AvgIpc) is 3.04. The van der Waals surface area contributed by atoms with Crippen molar-refractivity contribution in [2.45, 2.75) is 6.92 Å². The summed E-state index contributed by atoms with van der Waals surface area (Å²) in [5.74, 6) is -0.0881. The molecule has 6 heteroatoms. The smallest absolute Gasteiger partial charge is 0.271 e. The second-order valence-electron chi connectivity index (χ2n) is 5.11. The Hall–Kier alpha value is -3.28. The van der Waals surface area contributed by atoms with E-state index in [4.69, 9.17) is 4.74 Å². The summed E-state index contributed by atoms with van der Waals surface area (Å²) in [5.41, 5.74) is 6.60. The number of hydrogen-bond acceptors (Lipinski definition) is 3. The fourth-order valence-corrected chi connectivity index (χ4v) is 2.38. The maximum Gasteiger partial charge on any atom is 0.271 e. The van der Waals surface area contributed by atoms with Gasteiger partial charge in [-0.2, -0.15) is 0 Å². The van der Waals surface area contributed by atoms with Crippen molar-refractivity contribution < 1.29 is 14.3 Å². The molecule has 0 unspecified atom stereocenters. The van der Waals surface area contributed by atoms with Crippen LogP contribution < -0.4 is 15.6 Å². The molecule has 3 N–H and O–H groups in total. The molecule has 1 aromatic heterocycles. The Kier molecular flexibility index (Phi) is 4.47. The number of rotatable bonds is 4. The summed E-state index contributed by atoms with van der Waals surface area (Å²) in [4.78, 5) is 27.3. The lowest BCUT2D eigenvalue weighted by Gasteiger charge is -2.08. The molecule has 0 saturated heterocycles. The van der Waals surface area contributed by atoms with Crippen LogP contribution in [0.25, 0.3) is 10.9 Å². The number of H-pyrrole nitrogens is 1. The van der Waals surface area contributed by atoms with Crippen molar-refractivity contribution in [3.8, 4) is 5.75 Å². The third kappa shape index (κ3) is 3.22. The number of fused-ring (bicyclic) bond motifs is 1. The molecule has 0 aliphatic rings. The fraction of sp³-hybridized carbons (Fsp3) is 0.111. The number of carbonyl (C=O) groups excluding carboxylic acids is 2. The predicted molar refractivity (Wildman–Crippen MR) is 90.8 cm³/mol. The summed E-state index contributed by atoms with van der Waals surface area (Å²) in [5, 5.41) is 0.797. The van der Waals surface area contributed by atoms with E-state index in [9.17, 15) is 9.59 Å². The second-order valence-corrected chi connectivity index (χ2v) is 5.11. The molecule has 1 heterocycles. The second kappa shape index (κ2) is 6.87. The van der Waals surface area contributed by atoms with Gasteiger partial charge in [0, 0.05) is 22.7 Å². The number of carbonyl (C=O) groups is 2. The molecule has 3 aromatic rings. The van der Waals surface area contributed by atoms with Crippen molar-refractivity contribution in [2.24, 2.45) is 0 Å². The maximum atomic E-state index is 12.2. The molecule has 24 heavy (non-hydrogen) atoms. The predicted octanol–water partition coefficient (Wildman–Crippen LogP) is 2.64. The summed E-state index contributed by atoms with van der Waals surface area (Å²) >= 11 is 0. The Morgan fingerprint density at radius 1 is 1.00 bits per heavy atom. The van der Waals surface area contributed by atoms with Gasteiger partial charge in [0.2, 0.25) is 0 Å². The lowest BCUT2D eigenvalue weighted by molar-refractivity contribution is 0.0847. The maximum absolute atomic E-state index is 12.2. The Labute approximate surface area is 138 Å². The van der Waals surface area contributed by atoms with Crippen LogP contribution in [0, 0.1) is 0 Å². The van der Waals surface area contributed by atoms with E-state index in [1.165, 1.54) is 0 Å². The Morgan fingerprint density at radius 3 is 2.46 bits per heavy atom. The van der Waals surface area contributed by atoms with E-state index in [1.54, 1.807) is 30.5 Å². The topological polar surface area (TPSA) is 83.2 Å². The van der Waals surface area contributed by atoms with Crippen molar-refractivity contribution in [3.63, 3.8) is 0 Å². The Bertz CT molecular complexity index is 869. The van der Waals surface area contributed by atoms with Crippen LogP contribution in [0.15, 0.2) is 54.7 Å². The molecule has 0 saturated carbocycles. The highest BCUT2D eigenvalue weighted by atomic mass is 16.5. The summed E-state index contributed by atoms with van der Waals surface area (Å²) in [6.45, 7) is 2.45. The Balaban J connectivity index is 1.64. The first-order valence-corrected chi connectivity index (χ1v) is 7.58. The van der Waals surface area contributed by atoms with Gasteiger partial charge in [-0.25, -0.2) is 0 Å². The molecular weight excluding hydrogens is 306 g/mol. The van der Waals surface area contributed by atoms with Crippen LogP contribution >= 0.6 is 0 Å². The number of para-hydroxylation sites is 1. The number of aromatic nitrogens is 1. The molecule has 0 atom stereocenters. The number of hydrogen-bond donors (Lipinski definition) is 3. The van der Waals surface area contributed by atoms with Crippen LogP contribution in [-0.2, 0) is 0 Å². The van der Waals surface area contributed by atoms with E-state index in [0.29, 0.717) is 23.5 Å². The van der Waals surface area contributed by atoms with E-state index in [1.807, 2.05) is 31.2 Å². The number of amides is 2. The zero-order valence-corrected chi connectivity index (χ0v) is 13.1. The van der Waals surface area contributed by atoms with Crippen molar-refractivity contribution in [3.05, 3.63) is 65.9 Å². The van der Waals surface area contributed by atoms with Gasteiger partial charge in [0.05, 0.1) is 12.2 Å². The lowest BCUT2D eigenvalue weighted by atomic mass is 10.2. The van der Waals surface area contributed by atoms with Crippen LogP contribution in [0.4, 0.5) is 0 Å².